The van der Waals surface area contributed by atoms with Crippen LogP contribution in [0, 0.1) is 0 Å². The molecule has 0 atom stereocenters. The molecule has 0 radical (unpaired) electrons. The summed E-state index contributed by atoms with van der Waals surface area (Å²) < 4.78 is 0. The SMILES string of the molecule is CCN1CC(=Cc2cccc(Cl)c2)c2nc3ccccc3c(C(=O)O)c2C1. The number of rotatable bonds is 3. The second-order valence-electron chi connectivity index (χ2n) is 6.66. The quantitative estimate of drug-likeness (QED) is 0.699. The molecule has 4 nitrogen and oxygen atoms in total. The summed E-state index contributed by atoms with van der Waals surface area (Å²) in [5.41, 5.74) is 4.60. The van der Waals surface area contributed by atoms with E-state index in [1.165, 1.54) is 0 Å². The maximum absolute atomic E-state index is 12.1. The molecule has 0 bridgehead atoms. The summed E-state index contributed by atoms with van der Waals surface area (Å²) in [7, 11) is 0. The van der Waals surface area contributed by atoms with Crippen LogP contribution in [0.5, 0.6) is 0 Å². The molecular weight excluding hydrogens is 360 g/mol. The van der Waals surface area contributed by atoms with Crippen molar-refractivity contribution in [3.05, 3.63) is 75.9 Å². The Balaban J connectivity index is 1.99. The predicted octanol–water partition coefficient (Wildman–Crippen LogP) is 4.96. The molecule has 0 saturated carbocycles. The van der Waals surface area contributed by atoms with Gasteiger partial charge < -0.3 is 5.11 Å². The molecule has 0 aliphatic carbocycles. The Bertz CT molecular complexity index is 1080. The van der Waals surface area contributed by atoms with Crippen molar-refractivity contribution in [2.45, 2.75) is 13.5 Å². The molecule has 0 saturated heterocycles. The van der Waals surface area contributed by atoms with Gasteiger partial charge in [0.1, 0.15) is 0 Å². The maximum Gasteiger partial charge on any atom is 0.336 e. The van der Waals surface area contributed by atoms with Crippen LogP contribution in [0.15, 0.2) is 48.5 Å². The van der Waals surface area contributed by atoms with Gasteiger partial charge in [-0.2, -0.15) is 0 Å². The lowest BCUT2D eigenvalue weighted by Gasteiger charge is -2.30. The van der Waals surface area contributed by atoms with E-state index in [9.17, 15) is 9.90 Å². The number of nitrogens with zero attached hydrogens (tertiary/aromatic N) is 2. The van der Waals surface area contributed by atoms with Crippen molar-refractivity contribution in [3.63, 3.8) is 0 Å². The summed E-state index contributed by atoms with van der Waals surface area (Å²) in [6.45, 7) is 4.22. The van der Waals surface area contributed by atoms with Gasteiger partial charge in [-0.1, -0.05) is 48.9 Å². The summed E-state index contributed by atoms with van der Waals surface area (Å²) in [5.74, 6) is -0.912. The number of carboxylic acid groups (broad SMARTS) is 1. The van der Waals surface area contributed by atoms with Crippen LogP contribution in [0.1, 0.15) is 34.1 Å². The molecule has 1 aliphatic heterocycles. The number of benzene rings is 2. The number of likely N-dealkylation sites (N-methyl/N-ethyl adjacent to an activating group) is 1. The lowest BCUT2D eigenvalue weighted by molar-refractivity contribution is 0.0696. The van der Waals surface area contributed by atoms with Gasteiger partial charge in [0.15, 0.2) is 0 Å². The highest BCUT2D eigenvalue weighted by atomic mass is 35.5. The van der Waals surface area contributed by atoms with Crippen molar-refractivity contribution in [2.24, 2.45) is 0 Å². The minimum absolute atomic E-state index is 0.353. The monoisotopic (exact) mass is 378 g/mol. The summed E-state index contributed by atoms with van der Waals surface area (Å²) in [4.78, 5) is 19.2. The molecule has 1 N–H and O–H groups in total. The van der Waals surface area contributed by atoms with Gasteiger partial charge in [0, 0.05) is 29.1 Å². The molecule has 1 aromatic heterocycles. The minimum atomic E-state index is -0.912. The van der Waals surface area contributed by atoms with Gasteiger partial charge in [0.2, 0.25) is 0 Å². The molecule has 0 unspecified atom stereocenters. The number of aromatic carboxylic acids is 1. The van der Waals surface area contributed by atoms with Crippen molar-refractivity contribution in [1.29, 1.82) is 0 Å². The molecule has 4 rings (SSSR count). The molecule has 5 heteroatoms. The predicted molar refractivity (Wildman–Crippen MR) is 109 cm³/mol. The fraction of sp³-hybridized carbons (Fsp3) is 0.182. The number of pyridine rings is 1. The Morgan fingerprint density at radius 3 is 2.78 bits per heavy atom. The zero-order chi connectivity index (χ0) is 19.0. The second-order valence-corrected chi connectivity index (χ2v) is 7.10. The van der Waals surface area contributed by atoms with E-state index in [-0.39, 0.29) is 0 Å². The summed E-state index contributed by atoms with van der Waals surface area (Å²) in [5, 5.41) is 11.3. The Labute approximate surface area is 162 Å². The Kier molecular flexibility index (Phi) is 4.68. The van der Waals surface area contributed by atoms with Gasteiger partial charge in [-0.05, 0) is 42.0 Å². The van der Waals surface area contributed by atoms with Gasteiger partial charge in [-0.25, -0.2) is 9.78 Å². The molecule has 1 aliphatic rings. The van der Waals surface area contributed by atoms with Crippen LogP contribution in [-0.4, -0.2) is 34.0 Å². The van der Waals surface area contributed by atoms with E-state index in [1.54, 1.807) is 0 Å². The van der Waals surface area contributed by atoms with Crippen LogP contribution in [0.25, 0.3) is 22.6 Å². The van der Waals surface area contributed by atoms with Crippen LogP contribution in [0.4, 0.5) is 0 Å². The first-order valence-corrected chi connectivity index (χ1v) is 9.28. The van der Waals surface area contributed by atoms with Crippen molar-refractivity contribution in [2.75, 3.05) is 13.1 Å². The van der Waals surface area contributed by atoms with E-state index in [2.05, 4.69) is 17.9 Å². The Morgan fingerprint density at radius 2 is 2.04 bits per heavy atom. The minimum Gasteiger partial charge on any atom is -0.478 e. The van der Waals surface area contributed by atoms with E-state index in [1.807, 2.05) is 48.5 Å². The average molecular weight is 379 g/mol. The summed E-state index contributed by atoms with van der Waals surface area (Å²) >= 11 is 6.13. The highest BCUT2D eigenvalue weighted by Gasteiger charge is 2.27. The molecule has 0 fully saturated rings. The standard InChI is InChI=1S/C22H19ClN2O2/c1-2-25-12-15(10-14-6-5-7-16(23)11-14)21-18(13-25)20(22(26)27)17-8-3-4-9-19(17)24-21/h3-11H,2,12-13H2,1H3,(H,26,27). The number of carbonyl (C=O) groups is 1. The second kappa shape index (κ2) is 7.14. The lowest BCUT2D eigenvalue weighted by atomic mass is 9.92. The number of hydrogen-bond donors (Lipinski definition) is 1. The smallest absolute Gasteiger partial charge is 0.336 e. The van der Waals surface area contributed by atoms with Crippen LogP contribution in [0.2, 0.25) is 5.02 Å². The van der Waals surface area contributed by atoms with E-state index < -0.39 is 5.97 Å². The van der Waals surface area contributed by atoms with Gasteiger partial charge in [0.05, 0.1) is 16.8 Å². The first-order valence-electron chi connectivity index (χ1n) is 8.90. The third kappa shape index (κ3) is 3.34. The van der Waals surface area contributed by atoms with Crippen molar-refractivity contribution < 1.29 is 9.90 Å². The molecule has 27 heavy (non-hydrogen) atoms. The van der Waals surface area contributed by atoms with E-state index in [0.29, 0.717) is 28.0 Å². The summed E-state index contributed by atoms with van der Waals surface area (Å²) in [6.07, 6.45) is 2.06. The van der Waals surface area contributed by atoms with E-state index in [0.717, 1.165) is 35.5 Å². The van der Waals surface area contributed by atoms with Crippen molar-refractivity contribution >= 4 is 40.1 Å². The number of halogens is 1. The Morgan fingerprint density at radius 1 is 1.22 bits per heavy atom. The maximum atomic E-state index is 12.1. The van der Waals surface area contributed by atoms with Gasteiger partial charge in [-0.15, -0.1) is 0 Å². The molecule has 0 amide bonds. The molecule has 0 spiro atoms. The lowest BCUT2D eigenvalue weighted by Crippen LogP contribution is -2.31. The summed E-state index contributed by atoms with van der Waals surface area (Å²) in [6, 6.07) is 15.1. The highest BCUT2D eigenvalue weighted by molar-refractivity contribution is 6.30. The zero-order valence-corrected chi connectivity index (χ0v) is 15.7. The molecule has 2 aromatic carbocycles. The number of fused-ring (bicyclic) bond motifs is 2. The number of para-hydroxylation sites is 1. The third-order valence-electron chi connectivity index (χ3n) is 4.92. The molecule has 136 valence electrons. The van der Waals surface area contributed by atoms with Gasteiger partial charge in [0.25, 0.3) is 0 Å². The largest absolute Gasteiger partial charge is 0.478 e. The van der Waals surface area contributed by atoms with Crippen LogP contribution >= 0.6 is 11.6 Å². The van der Waals surface area contributed by atoms with Crippen LogP contribution in [-0.2, 0) is 6.54 Å². The van der Waals surface area contributed by atoms with E-state index in [4.69, 9.17) is 16.6 Å². The fourth-order valence-electron chi connectivity index (χ4n) is 3.65. The molecular formula is C22H19ClN2O2. The highest BCUT2D eigenvalue weighted by Crippen LogP contribution is 2.34. The van der Waals surface area contributed by atoms with Crippen molar-refractivity contribution in [3.8, 4) is 0 Å². The molecule has 3 aromatic rings. The fourth-order valence-corrected chi connectivity index (χ4v) is 3.84. The zero-order valence-electron chi connectivity index (χ0n) is 14.9. The average Bonchev–Trinajstić information content (AvgIpc) is 2.66. The normalized spacial score (nSPS) is 15.9. The van der Waals surface area contributed by atoms with Crippen LogP contribution < -0.4 is 0 Å². The first kappa shape index (κ1) is 17.7. The van der Waals surface area contributed by atoms with Crippen molar-refractivity contribution in [1.82, 2.24) is 9.88 Å². The number of aromatic nitrogens is 1. The topological polar surface area (TPSA) is 53.4 Å². The first-order chi connectivity index (χ1) is 13.1. The number of carboxylic acids is 1. The van der Waals surface area contributed by atoms with Crippen LogP contribution in [0.3, 0.4) is 0 Å². The van der Waals surface area contributed by atoms with E-state index >= 15 is 0 Å². The Hall–Kier alpha value is -2.69. The molecule has 2 heterocycles. The number of hydrogen-bond acceptors (Lipinski definition) is 3. The van der Waals surface area contributed by atoms with Gasteiger partial charge >= 0.3 is 5.97 Å². The van der Waals surface area contributed by atoms with Gasteiger partial charge in [-0.3, -0.25) is 4.90 Å². The third-order valence-corrected chi connectivity index (χ3v) is 5.16.